The molecule has 1 atom stereocenters. The number of benzene rings is 2. The van der Waals surface area contributed by atoms with E-state index in [0.29, 0.717) is 75.0 Å². The molecule has 0 aliphatic carbocycles. The van der Waals surface area contributed by atoms with E-state index in [1.807, 2.05) is 48.5 Å². The molecule has 4 N–H and O–H groups in total. The van der Waals surface area contributed by atoms with Gasteiger partial charge in [0.1, 0.15) is 35.3 Å². The quantitative estimate of drug-likeness (QED) is 0.0709. The zero-order valence-corrected chi connectivity index (χ0v) is 41.1. The lowest BCUT2D eigenvalue weighted by atomic mass is 9.72. The first-order chi connectivity index (χ1) is 33.3. The molecule has 0 saturated carbocycles. The third-order valence-corrected chi connectivity index (χ3v) is 16.1. The van der Waals surface area contributed by atoms with Gasteiger partial charge in [0, 0.05) is 87.2 Å². The minimum atomic E-state index is -2.83. The number of carbonyl (C=O) groups is 2. The molecule has 18 nitrogen and oxygen atoms in total. The highest BCUT2D eigenvalue weighted by Crippen LogP contribution is 2.45. The number of aromatic nitrogens is 7. The summed E-state index contributed by atoms with van der Waals surface area (Å²) in [6.07, 6.45) is 18.2. The minimum Gasteiger partial charge on any atom is -0.494 e. The van der Waals surface area contributed by atoms with Crippen molar-refractivity contribution in [3.8, 4) is 16.9 Å². The highest BCUT2D eigenvalue weighted by molar-refractivity contribution is 7.71. The average molecular weight is 974 g/mol. The molecule has 4 aliphatic rings. The Labute approximate surface area is 406 Å². The minimum absolute atomic E-state index is 0.225. The number of amides is 2. The molecule has 360 valence electrons. The molecule has 69 heavy (non-hydrogen) atoms. The maximum atomic E-state index is 13.6. The maximum absolute atomic E-state index is 13.6. The fourth-order valence-corrected chi connectivity index (χ4v) is 12.2. The van der Waals surface area contributed by atoms with Crippen LogP contribution in [0.4, 0.5) is 40.3 Å². The number of hydrogen-bond acceptors (Lipinski definition) is 16. The van der Waals surface area contributed by atoms with Crippen molar-refractivity contribution in [3.05, 3.63) is 78.6 Å². The first-order valence-electron chi connectivity index (χ1n) is 23.7. The second-order valence-electron chi connectivity index (χ2n) is 19.2. The van der Waals surface area contributed by atoms with E-state index in [9.17, 15) is 14.2 Å². The van der Waals surface area contributed by atoms with E-state index in [1.54, 1.807) is 32.8 Å². The molecule has 8 heterocycles. The third-order valence-electron chi connectivity index (χ3n) is 14.2. The van der Waals surface area contributed by atoms with Crippen LogP contribution in [-0.4, -0.2) is 123 Å². The third kappa shape index (κ3) is 9.92. The normalized spacial score (nSPS) is 19.2. The Morgan fingerprint density at radius 3 is 2.41 bits per heavy atom. The van der Waals surface area contributed by atoms with E-state index in [-0.39, 0.29) is 17.2 Å². The number of methoxy groups -OCH3 is 1. The Morgan fingerprint density at radius 2 is 1.68 bits per heavy atom. The Balaban J connectivity index is 0.801. The molecule has 6 aromatic rings. The second kappa shape index (κ2) is 19.2. The van der Waals surface area contributed by atoms with Crippen molar-refractivity contribution in [2.45, 2.75) is 63.5 Å². The Bertz CT molecular complexity index is 2930. The Kier molecular flexibility index (Phi) is 12.9. The SMILES string of the molecule is COc1cc(N2CCC(N3CCC4(CCCN(c5ccc(NC6CCC(=O)NC6=O)nc5)C4)CC3)CC2)c(-c2cnn(C)c2)cc1Nc1ncc(Cl)c(Nc2ccc3nccnc3c2P(C)(C)=O)n1. The van der Waals surface area contributed by atoms with Crippen LogP contribution in [0.2, 0.25) is 5.02 Å². The number of likely N-dealkylation sites (tertiary alicyclic amines) is 1. The summed E-state index contributed by atoms with van der Waals surface area (Å²) in [4.78, 5) is 54.4. The fourth-order valence-electron chi connectivity index (χ4n) is 10.7. The topological polar surface area (TPSA) is 201 Å². The number of ether oxygens (including phenoxy) is 1. The van der Waals surface area contributed by atoms with Crippen molar-refractivity contribution in [1.82, 2.24) is 44.9 Å². The van der Waals surface area contributed by atoms with Gasteiger partial charge >= 0.3 is 0 Å². The number of nitrogens with one attached hydrogen (secondary N) is 4. The zero-order valence-electron chi connectivity index (χ0n) is 39.4. The predicted molar refractivity (Wildman–Crippen MR) is 271 cm³/mol. The molecule has 2 amide bonds. The molecule has 2 aromatic carbocycles. The lowest BCUT2D eigenvalue weighted by molar-refractivity contribution is -0.133. The lowest BCUT2D eigenvalue weighted by Crippen LogP contribution is -2.53. The van der Waals surface area contributed by atoms with Crippen LogP contribution in [0.1, 0.15) is 51.4 Å². The van der Waals surface area contributed by atoms with Crippen molar-refractivity contribution < 1.29 is 18.9 Å². The van der Waals surface area contributed by atoms with Gasteiger partial charge in [0.25, 0.3) is 0 Å². The lowest BCUT2D eigenvalue weighted by Gasteiger charge is -2.50. The van der Waals surface area contributed by atoms with Crippen LogP contribution >= 0.6 is 18.7 Å². The molecule has 4 aliphatic heterocycles. The van der Waals surface area contributed by atoms with Gasteiger partial charge in [0.2, 0.25) is 17.8 Å². The first kappa shape index (κ1) is 46.4. The summed E-state index contributed by atoms with van der Waals surface area (Å²) in [5, 5.41) is 17.7. The molecule has 1 unspecified atom stereocenters. The van der Waals surface area contributed by atoms with Gasteiger partial charge in [-0.15, -0.1) is 0 Å². The number of imide groups is 1. The van der Waals surface area contributed by atoms with E-state index < -0.39 is 13.2 Å². The molecule has 20 heteroatoms. The Morgan fingerprint density at radius 1 is 0.870 bits per heavy atom. The number of aryl methyl sites for hydroxylation is 1. The van der Waals surface area contributed by atoms with E-state index in [0.717, 1.165) is 81.0 Å². The number of carbonyl (C=O) groups excluding carboxylic acids is 2. The van der Waals surface area contributed by atoms with Crippen LogP contribution < -0.4 is 41.1 Å². The van der Waals surface area contributed by atoms with Gasteiger partial charge in [-0.1, -0.05) is 11.6 Å². The van der Waals surface area contributed by atoms with Gasteiger partial charge in [-0.3, -0.25) is 29.6 Å². The molecular formula is C49H58ClN14O4P. The Hall–Kier alpha value is -6.36. The van der Waals surface area contributed by atoms with Crippen LogP contribution in [0, 0.1) is 5.41 Å². The number of hydrogen-bond donors (Lipinski definition) is 4. The second-order valence-corrected chi connectivity index (χ2v) is 22.7. The van der Waals surface area contributed by atoms with Gasteiger partial charge < -0.3 is 40.0 Å². The van der Waals surface area contributed by atoms with Crippen molar-refractivity contribution in [2.75, 3.05) is 85.5 Å². The molecule has 4 saturated heterocycles. The molecule has 4 aromatic heterocycles. The molecule has 1 spiro atoms. The number of fused-ring (bicyclic) bond motifs is 1. The number of nitrogens with zero attached hydrogens (tertiary/aromatic N) is 10. The number of halogens is 1. The standard InChI is InChI=1S/C49H58ClN14O4P/c1-61-29-31(26-55-61)34-24-39(58-48-54-28-35(50)46(60-48)57-37-8-7-36-44(52-18-17-51-36)45(37)69(3,4)67)41(68-2)25-40(34)63-20-12-32(13-21-63)62-22-15-49(16-23-62)14-5-19-64(30-49)33-6-10-42(53-27-33)56-38-9-11-43(65)59-47(38)66/h6-8,10,17-18,24-29,32,38H,5,9,11-16,19-23,30H2,1-4H3,(H,53,56)(H,59,65,66)(H2,54,57,58,60). The summed E-state index contributed by atoms with van der Waals surface area (Å²) in [5.74, 6) is 1.39. The summed E-state index contributed by atoms with van der Waals surface area (Å²) in [5.41, 5.74) is 6.93. The number of piperidine rings is 4. The van der Waals surface area contributed by atoms with Crippen molar-refractivity contribution >= 4 is 87.2 Å². The van der Waals surface area contributed by atoms with E-state index >= 15 is 0 Å². The fraction of sp³-hybridized carbons (Fsp3) is 0.429. The largest absolute Gasteiger partial charge is 0.494 e. The smallest absolute Gasteiger partial charge is 0.249 e. The number of rotatable bonds is 12. The van der Waals surface area contributed by atoms with Crippen molar-refractivity contribution in [3.63, 3.8) is 0 Å². The number of anilines is 7. The van der Waals surface area contributed by atoms with E-state index in [4.69, 9.17) is 21.3 Å². The summed E-state index contributed by atoms with van der Waals surface area (Å²) in [6.45, 7) is 9.46. The summed E-state index contributed by atoms with van der Waals surface area (Å²) < 4.78 is 21.5. The monoisotopic (exact) mass is 972 g/mol. The van der Waals surface area contributed by atoms with Crippen LogP contribution in [-0.2, 0) is 21.2 Å². The summed E-state index contributed by atoms with van der Waals surface area (Å²) in [6, 6.07) is 11.9. The van der Waals surface area contributed by atoms with Gasteiger partial charge in [-0.2, -0.15) is 10.1 Å². The van der Waals surface area contributed by atoms with Crippen LogP contribution in [0.25, 0.3) is 22.2 Å². The molecule has 10 rings (SSSR count). The maximum Gasteiger partial charge on any atom is 0.249 e. The van der Waals surface area contributed by atoms with Gasteiger partial charge in [-0.05, 0) is 107 Å². The van der Waals surface area contributed by atoms with Crippen molar-refractivity contribution in [1.29, 1.82) is 0 Å². The molecule has 0 bridgehead atoms. The van der Waals surface area contributed by atoms with E-state index in [2.05, 4.69) is 79.2 Å². The summed E-state index contributed by atoms with van der Waals surface area (Å²) in [7, 11) is 0.757. The van der Waals surface area contributed by atoms with Gasteiger partial charge in [0.15, 0.2) is 5.82 Å². The molecule has 4 fully saturated rings. The van der Waals surface area contributed by atoms with E-state index in [1.165, 1.54) is 25.5 Å². The van der Waals surface area contributed by atoms with Crippen LogP contribution in [0.3, 0.4) is 0 Å². The molecule has 0 radical (unpaired) electrons. The number of pyridine rings is 1. The predicted octanol–water partition coefficient (Wildman–Crippen LogP) is 7.18. The highest BCUT2D eigenvalue weighted by Gasteiger charge is 2.40. The average Bonchev–Trinajstić information content (AvgIpc) is 3.79. The zero-order chi connectivity index (χ0) is 47.9. The van der Waals surface area contributed by atoms with Crippen LogP contribution in [0.5, 0.6) is 5.75 Å². The summed E-state index contributed by atoms with van der Waals surface area (Å²) >= 11 is 6.68. The first-order valence-corrected chi connectivity index (χ1v) is 26.7. The highest BCUT2D eigenvalue weighted by atomic mass is 35.5. The molecular weight excluding hydrogens is 915 g/mol. The van der Waals surface area contributed by atoms with Gasteiger partial charge in [-0.25, -0.2) is 9.97 Å². The van der Waals surface area contributed by atoms with Gasteiger partial charge in [0.05, 0.1) is 53.6 Å². The van der Waals surface area contributed by atoms with Crippen molar-refractivity contribution in [2.24, 2.45) is 12.5 Å². The van der Waals surface area contributed by atoms with Crippen LogP contribution in [0.15, 0.2) is 73.6 Å².